The molecular formula is C9H18N4O4S. The molecule has 9 heteroatoms. The quantitative estimate of drug-likeness (QED) is 0.636. The van der Waals surface area contributed by atoms with Crippen LogP contribution in [0, 0.1) is 6.92 Å². The van der Waals surface area contributed by atoms with Gasteiger partial charge in [-0.1, -0.05) is 5.16 Å². The van der Waals surface area contributed by atoms with Crippen molar-refractivity contribution in [3.8, 4) is 0 Å². The fourth-order valence-corrected chi connectivity index (χ4v) is 2.20. The monoisotopic (exact) mass is 278 g/mol. The van der Waals surface area contributed by atoms with Gasteiger partial charge in [0.1, 0.15) is 0 Å². The molecule has 1 aromatic heterocycles. The Hall–Kier alpha value is -1.03. The van der Waals surface area contributed by atoms with Gasteiger partial charge < -0.3 is 9.63 Å². The Kier molecular flexibility index (Phi) is 5.66. The minimum atomic E-state index is -3.51. The Morgan fingerprint density at radius 2 is 2.22 bits per heavy atom. The Morgan fingerprint density at radius 3 is 2.78 bits per heavy atom. The van der Waals surface area contributed by atoms with Gasteiger partial charge in [0.15, 0.2) is 5.82 Å². The van der Waals surface area contributed by atoms with Crippen LogP contribution in [-0.4, -0.2) is 54.7 Å². The Bertz CT molecular complexity index is 459. The summed E-state index contributed by atoms with van der Waals surface area (Å²) in [5.74, 6) is 0.918. The van der Waals surface area contributed by atoms with Crippen LogP contribution >= 0.6 is 0 Å². The lowest BCUT2D eigenvalue weighted by Crippen LogP contribution is -2.39. The van der Waals surface area contributed by atoms with E-state index in [0.29, 0.717) is 24.6 Å². The lowest BCUT2D eigenvalue weighted by molar-refractivity contribution is 0.275. The number of nitrogens with zero attached hydrogens (tertiary/aromatic N) is 3. The van der Waals surface area contributed by atoms with Crippen molar-refractivity contribution in [2.75, 3.05) is 26.7 Å². The zero-order valence-electron chi connectivity index (χ0n) is 10.5. The third-order valence-corrected chi connectivity index (χ3v) is 3.81. The summed E-state index contributed by atoms with van der Waals surface area (Å²) in [6.07, 6.45) is 0.744. The number of hydrogen-bond acceptors (Lipinski definition) is 6. The lowest BCUT2D eigenvalue weighted by atomic mass is 10.4. The van der Waals surface area contributed by atoms with Crippen LogP contribution in [0.3, 0.4) is 0 Å². The zero-order valence-corrected chi connectivity index (χ0v) is 11.3. The van der Waals surface area contributed by atoms with Crippen molar-refractivity contribution in [1.82, 2.24) is 19.2 Å². The molecule has 18 heavy (non-hydrogen) atoms. The molecule has 0 spiro atoms. The number of rotatable bonds is 8. The highest BCUT2D eigenvalue weighted by molar-refractivity contribution is 7.87. The van der Waals surface area contributed by atoms with E-state index in [2.05, 4.69) is 14.9 Å². The van der Waals surface area contributed by atoms with Crippen LogP contribution in [0.4, 0.5) is 0 Å². The fourth-order valence-electron chi connectivity index (χ4n) is 1.25. The molecular weight excluding hydrogens is 260 g/mol. The van der Waals surface area contributed by atoms with E-state index in [1.807, 2.05) is 0 Å². The summed E-state index contributed by atoms with van der Waals surface area (Å²) in [6, 6.07) is 0. The van der Waals surface area contributed by atoms with Crippen LogP contribution < -0.4 is 4.72 Å². The minimum Gasteiger partial charge on any atom is -0.396 e. The van der Waals surface area contributed by atoms with Gasteiger partial charge in [0.05, 0.1) is 0 Å². The van der Waals surface area contributed by atoms with Gasteiger partial charge in [-0.3, -0.25) is 0 Å². The van der Waals surface area contributed by atoms with Crippen LogP contribution in [0.15, 0.2) is 4.52 Å². The van der Waals surface area contributed by atoms with E-state index in [1.165, 1.54) is 7.05 Å². The Morgan fingerprint density at radius 1 is 1.50 bits per heavy atom. The van der Waals surface area contributed by atoms with Gasteiger partial charge in [-0.15, -0.1) is 0 Å². The lowest BCUT2D eigenvalue weighted by Gasteiger charge is -2.16. The molecule has 0 amide bonds. The molecule has 2 N–H and O–H groups in total. The zero-order chi connectivity index (χ0) is 13.6. The molecule has 0 radical (unpaired) electrons. The molecule has 1 rings (SSSR count). The molecule has 0 saturated heterocycles. The molecule has 104 valence electrons. The Balaban J connectivity index is 2.37. The number of aromatic nitrogens is 2. The first-order valence-corrected chi connectivity index (χ1v) is 7.00. The number of nitrogens with one attached hydrogen (secondary N) is 1. The van der Waals surface area contributed by atoms with E-state index in [4.69, 9.17) is 9.63 Å². The summed E-state index contributed by atoms with van der Waals surface area (Å²) < 4.78 is 31.8. The molecule has 1 aromatic rings. The summed E-state index contributed by atoms with van der Waals surface area (Å²) in [7, 11) is -2.06. The van der Waals surface area contributed by atoms with E-state index >= 15 is 0 Å². The van der Waals surface area contributed by atoms with Crippen molar-refractivity contribution in [3.63, 3.8) is 0 Å². The van der Waals surface area contributed by atoms with E-state index in [9.17, 15) is 8.42 Å². The van der Waals surface area contributed by atoms with Crippen molar-refractivity contribution in [3.05, 3.63) is 11.7 Å². The molecule has 0 bridgehead atoms. The molecule has 0 aromatic carbocycles. The third-order valence-electron chi connectivity index (χ3n) is 2.23. The largest absolute Gasteiger partial charge is 0.396 e. The molecule has 1 heterocycles. The predicted molar refractivity (Wildman–Crippen MR) is 64.0 cm³/mol. The van der Waals surface area contributed by atoms with Gasteiger partial charge in [-0.25, -0.2) is 4.72 Å². The summed E-state index contributed by atoms with van der Waals surface area (Å²) >= 11 is 0. The first-order valence-electron chi connectivity index (χ1n) is 5.56. The number of aliphatic hydroxyl groups is 1. The van der Waals surface area contributed by atoms with Crippen molar-refractivity contribution >= 4 is 10.2 Å². The van der Waals surface area contributed by atoms with Gasteiger partial charge >= 0.3 is 0 Å². The van der Waals surface area contributed by atoms with E-state index in [0.717, 1.165) is 4.31 Å². The maximum Gasteiger partial charge on any atom is 0.279 e. The molecule has 0 aliphatic carbocycles. The second-order valence-corrected chi connectivity index (χ2v) is 5.65. The first kappa shape index (κ1) is 15.0. The number of aliphatic hydroxyl groups excluding tert-OH is 1. The number of aryl methyl sites for hydroxylation is 1. The second kappa shape index (κ2) is 6.78. The van der Waals surface area contributed by atoms with E-state index in [1.54, 1.807) is 6.92 Å². The molecule has 0 aliphatic heterocycles. The molecule has 0 saturated carbocycles. The van der Waals surface area contributed by atoms with Crippen LogP contribution in [0.1, 0.15) is 18.1 Å². The highest BCUT2D eigenvalue weighted by Gasteiger charge is 2.16. The normalized spacial score (nSPS) is 12.2. The minimum absolute atomic E-state index is 0.0406. The topological polar surface area (TPSA) is 109 Å². The average molecular weight is 278 g/mol. The summed E-state index contributed by atoms with van der Waals surface area (Å²) in [6.45, 7) is 2.11. The highest BCUT2D eigenvalue weighted by Crippen LogP contribution is 1.98. The predicted octanol–water partition coefficient (Wildman–Crippen LogP) is -0.931. The van der Waals surface area contributed by atoms with E-state index in [-0.39, 0.29) is 19.7 Å². The maximum absolute atomic E-state index is 11.7. The van der Waals surface area contributed by atoms with Crippen molar-refractivity contribution in [2.45, 2.75) is 19.8 Å². The Labute approximate surface area is 106 Å². The van der Waals surface area contributed by atoms with E-state index < -0.39 is 10.2 Å². The maximum atomic E-state index is 11.7. The highest BCUT2D eigenvalue weighted by atomic mass is 32.2. The summed E-state index contributed by atoms with van der Waals surface area (Å²) in [4.78, 5) is 3.97. The molecule has 0 aliphatic rings. The van der Waals surface area contributed by atoms with Crippen LogP contribution in [-0.2, 0) is 16.6 Å². The molecule has 0 unspecified atom stereocenters. The van der Waals surface area contributed by atoms with Gasteiger partial charge in [-0.05, 0) is 13.3 Å². The average Bonchev–Trinajstić information content (AvgIpc) is 2.71. The summed E-state index contributed by atoms with van der Waals surface area (Å²) in [5, 5.41) is 12.2. The third kappa shape index (κ3) is 4.69. The van der Waals surface area contributed by atoms with Gasteiger partial charge in [-0.2, -0.15) is 17.7 Å². The summed E-state index contributed by atoms with van der Waals surface area (Å²) in [5.41, 5.74) is 0. The van der Waals surface area contributed by atoms with Gasteiger partial charge in [0, 0.05) is 33.2 Å². The smallest absolute Gasteiger partial charge is 0.279 e. The van der Waals surface area contributed by atoms with Crippen LogP contribution in [0.5, 0.6) is 0 Å². The van der Waals surface area contributed by atoms with Gasteiger partial charge in [0.25, 0.3) is 10.2 Å². The first-order chi connectivity index (χ1) is 8.45. The van der Waals surface area contributed by atoms with Crippen molar-refractivity contribution < 1.29 is 18.0 Å². The van der Waals surface area contributed by atoms with Crippen molar-refractivity contribution in [2.24, 2.45) is 0 Å². The SMILES string of the molecule is Cc1noc(CCNS(=O)(=O)N(C)CCCO)n1. The van der Waals surface area contributed by atoms with Gasteiger partial charge in [0.2, 0.25) is 5.89 Å². The number of hydrogen-bond donors (Lipinski definition) is 2. The molecule has 8 nitrogen and oxygen atoms in total. The standard InChI is InChI=1S/C9H18N4O4S/c1-8-11-9(17-12-8)4-5-10-18(15,16)13(2)6-3-7-14/h10,14H,3-7H2,1-2H3. The second-order valence-electron chi connectivity index (χ2n) is 3.78. The van der Waals surface area contributed by atoms with Crippen molar-refractivity contribution in [1.29, 1.82) is 0 Å². The fraction of sp³-hybridized carbons (Fsp3) is 0.778. The molecule has 0 fully saturated rings. The van der Waals surface area contributed by atoms with Crippen LogP contribution in [0.25, 0.3) is 0 Å². The van der Waals surface area contributed by atoms with Crippen LogP contribution in [0.2, 0.25) is 0 Å². The molecule has 0 atom stereocenters.